The zero-order chi connectivity index (χ0) is 26.6. The molecule has 0 unspecified atom stereocenters. The highest BCUT2D eigenvalue weighted by Crippen LogP contribution is 2.25. The summed E-state index contributed by atoms with van der Waals surface area (Å²) in [5, 5.41) is 15.5. The number of nitrogens with one attached hydrogen (secondary N) is 2. The van der Waals surface area contributed by atoms with Gasteiger partial charge in [-0.2, -0.15) is 0 Å². The van der Waals surface area contributed by atoms with E-state index in [1.54, 1.807) is 76.2 Å². The van der Waals surface area contributed by atoms with Crippen molar-refractivity contribution in [1.29, 1.82) is 0 Å². The number of aryl methyl sites for hydroxylation is 2. The number of carbonyl (C=O) groups excluding carboxylic acids is 2. The maximum atomic E-state index is 12.7. The molecule has 8 nitrogen and oxygen atoms in total. The number of aliphatic hydroxyl groups is 1. The molecule has 0 spiro atoms. The first-order valence-corrected chi connectivity index (χ1v) is 11.6. The van der Waals surface area contributed by atoms with Crippen LogP contribution in [0.1, 0.15) is 57.3 Å². The van der Waals surface area contributed by atoms with E-state index in [1.165, 1.54) is 6.26 Å². The molecule has 2 amide bonds. The normalized spacial score (nSPS) is 10.9. The summed E-state index contributed by atoms with van der Waals surface area (Å²) in [6.45, 7) is 6.87. The number of oxazole rings is 1. The molecule has 0 aliphatic heterocycles. The van der Waals surface area contributed by atoms with Crippen molar-refractivity contribution < 1.29 is 23.5 Å². The first-order chi connectivity index (χ1) is 17.6. The highest BCUT2D eigenvalue weighted by Gasteiger charge is 2.16. The Hall–Kier alpha value is -4.61. The van der Waals surface area contributed by atoms with E-state index < -0.39 is 5.60 Å². The molecule has 37 heavy (non-hydrogen) atoms. The third-order valence-electron chi connectivity index (χ3n) is 5.42. The minimum atomic E-state index is -1.12. The molecule has 2 aromatic heterocycles. The number of hydrogen-bond acceptors (Lipinski definition) is 6. The quantitative estimate of drug-likeness (QED) is 0.328. The van der Waals surface area contributed by atoms with Gasteiger partial charge < -0.3 is 24.6 Å². The lowest BCUT2D eigenvalue weighted by molar-refractivity contribution is 0.0949. The summed E-state index contributed by atoms with van der Waals surface area (Å²) >= 11 is 0. The zero-order valence-corrected chi connectivity index (χ0v) is 21.0. The van der Waals surface area contributed by atoms with E-state index in [1.807, 2.05) is 6.07 Å². The van der Waals surface area contributed by atoms with E-state index in [0.29, 0.717) is 51.0 Å². The summed E-state index contributed by atoms with van der Waals surface area (Å²) in [5.41, 5.74) is 2.27. The maximum Gasteiger partial charge on any atom is 0.259 e. The number of aromatic nitrogens is 1. The van der Waals surface area contributed by atoms with Crippen LogP contribution in [0.25, 0.3) is 11.5 Å². The van der Waals surface area contributed by atoms with Gasteiger partial charge in [-0.3, -0.25) is 9.59 Å². The molecule has 8 heteroatoms. The van der Waals surface area contributed by atoms with Crippen LogP contribution >= 0.6 is 0 Å². The fraction of sp³-hybridized carbons (Fsp3) is 0.207. The summed E-state index contributed by atoms with van der Waals surface area (Å²) in [6, 6.07) is 15.6. The van der Waals surface area contributed by atoms with Crippen molar-refractivity contribution in [1.82, 2.24) is 10.3 Å². The van der Waals surface area contributed by atoms with E-state index in [4.69, 9.17) is 8.83 Å². The number of rotatable bonds is 6. The average molecular weight is 498 g/mol. The number of amides is 2. The number of benzene rings is 2. The van der Waals surface area contributed by atoms with E-state index >= 15 is 0 Å². The topological polar surface area (TPSA) is 118 Å². The Kier molecular flexibility index (Phi) is 7.27. The van der Waals surface area contributed by atoms with Crippen LogP contribution in [0, 0.1) is 25.7 Å². The van der Waals surface area contributed by atoms with Gasteiger partial charge in [0.15, 0.2) is 0 Å². The van der Waals surface area contributed by atoms with Crippen LogP contribution in [0.3, 0.4) is 0 Å². The summed E-state index contributed by atoms with van der Waals surface area (Å²) < 4.78 is 11.0. The van der Waals surface area contributed by atoms with E-state index in [-0.39, 0.29) is 18.4 Å². The van der Waals surface area contributed by atoms with Crippen molar-refractivity contribution in [3.63, 3.8) is 0 Å². The average Bonchev–Trinajstić information content (AvgIpc) is 3.46. The largest absolute Gasteiger partial charge is 0.469 e. The summed E-state index contributed by atoms with van der Waals surface area (Å²) in [7, 11) is 0. The van der Waals surface area contributed by atoms with Crippen LogP contribution in [-0.4, -0.2) is 27.5 Å². The van der Waals surface area contributed by atoms with Gasteiger partial charge in [0, 0.05) is 22.4 Å². The first kappa shape index (κ1) is 25.5. The van der Waals surface area contributed by atoms with Gasteiger partial charge in [0.1, 0.15) is 22.8 Å². The van der Waals surface area contributed by atoms with Gasteiger partial charge in [0.05, 0.1) is 18.4 Å². The molecule has 2 aromatic carbocycles. The lowest BCUT2D eigenvalue weighted by Crippen LogP contribution is -2.23. The van der Waals surface area contributed by atoms with Crippen molar-refractivity contribution >= 4 is 17.5 Å². The van der Waals surface area contributed by atoms with Crippen LogP contribution in [-0.2, 0) is 6.54 Å². The van der Waals surface area contributed by atoms with Crippen molar-refractivity contribution in [2.24, 2.45) is 0 Å². The maximum absolute atomic E-state index is 12.7. The Morgan fingerprint density at radius 3 is 2.54 bits per heavy atom. The molecular weight excluding hydrogens is 470 g/mol. The molecule has 2 heterocycles. The van der Waals surface area contributed by atoms with Gasteiger partial charge in [-0.25, -0.2) is 4.98 Å². The smallest absolute Gasteiger partial charge is 0.259 e. The second-order valence-electron chi connectivity index (χ2n) is 9.02. The third kappa shape index (κ3) is 6.54. The van der Waals surface area contributed by atoms with Crippen molar-refractivity contribution in [2.75, 3.05) is 5.32 Å². The molecule has 188 valence electrons. The molecule has 0 atom stereocenters. The standard InChI is InChI=1S/C29H27N3O5/c1-18-24(12-14-36-18)27(34)31-23-10-6-9-22(16-23)28-32-25(19(2)37-28)17-30-26(33)21-8-5-7-20(15-21)11-13-29(3,4)35/h5-10,12,14-16,35H,17H2,1-4H3,(H,30,33)(H,31,34). The predicted molar refractivity (Wildman–Crippen MR) is 139 cm³/mol. The molecule has 3 N–H and O–H groups in total. The van der Waals surface area contributed by atoms with Crippen LogP contribution in [0.2, 0.25) is 0 Å². The second kappa shape index (κ2) is 10.6. The number of carbonyl (C=O) groups is 2. The zero-order valence-electron chi connectivity index (χ0n) is 21.0. The van der Waals surface area contributed by atoms with Gasteiger partial charge in [-0.15, -0.1) is 0 Å². The molecule has 0 aliphatic carbocycles. The Morgan fingerprint density at radius 1 is 1.03 bits per heavy atom. The fourth-order valence-corrected chi connectivity index (χ4v) is 3.49. The van der Waals surface area contributed by atoms with Crippen molar-refractivity contribution in [3.05, 3.63) is 94.8 Å². The molecule has 0 saturated heterocycles. The molecule has 4 rings (SSSR count). The lowest BCUT2D eigenvalue weighted by atomic mass is 10.1. The Morgan fingerprint density at radius 2 is 1.81 bits per heavy atom. The van der Waals surface area contributed by atoms with Crippen LogP contribution < -0.4 is 10.6 Å². The summed E-state index contributed by atoms with van der Waals surface area (Å²) in [4.78, 5) is 29.8. The van der Waals surface area contributed by atoms with Gasteiger partial charge in [0.25, 0.3) is 11.8 Å². The molecule has 0 aliphatic rings. The monoisotopic (exact) mass is 497 g/mol. The first-order valence-electron chi connectivity index (χ1n) is 11.6. The van der Waals surface area contributed by atoms with Crippen molar-refractivity contribution in [3.8, 4) is 23.3 Å². The highest BCUT2D eigenvalue weighted by atomic mass is 16.4. The molecule has 0 bridgehead atoms. The Bertz CT molecular complexity index is 1510. The summed E-state index contributed by atoms with van der Waals surface area (Å²) in [5.74, 6) is 6.54. The highest BCUT2D eigenvalue weighted by molar-refractivity contribution is 6.05. The SMILES string of the molecule is Cc1occc1C(=O)Nc1cccc(-c2nc(CNC(=O)c3cccc(C#CC(C)(C)O)c3)c(C)o2)c1. The van der Waals surface area contributed by atoms with E-state index in [2.05, 4.69) is 27.5 Å². The minimum Gasteiger partial charge on any atom is -0.469 e. The van der Waals surface area contributed by atoms with Crippen LogP contribution in [0.15, 0.2) is 69.7 Å². The van der Waals surface area contributed by atoms with Crippen LogP contribution in [0.5, 0.6) is 0 Å². The molecule has 0 radical (unpaired) electrons. The minimum absolute atomic E-state index is 0.171. The number of hydrogen-bond donors (Lipinski definition) is 3. The molecular formula is C29H27N3O5. The lowest BCUT2D eigenvalue weighted by Gasteiger charge is -2.06. The molecule has 4 aromatic rings. The number of anilines is 1. The Labute approximate surface area is 214 Å². The number of nitrogens with zero attached hydrogens (tertiary/aromatic N) is 1. The summed E-state index contributed by atoms with van der Waals surface area (Å²) in [6.07, 6.45) is 1.47. The van der Waals surface area contributed by atoms with Gasteiger partial charge in [-0.1, -0.05) is 24.0 Å². The molecule has 0 saturated carbocycles. The van der Waals surface area contributed by atoms with E-state index in [9.17, 15) is 14.7 Å². The van der Waals surface area contributed by atoms with Gasteiger partial charge in [0.2, 0.25) is 5.89 Å². The number of furan rings is 1. The van der Waals surface area contributed by atoms with E-state index in [0.717, 1.165) is 0 Å². The third-order valence-corrected chi connectivity index (χ3v) is 5.42. The Balaban J connectivity index is 1.43. The molecule has 0 fully saturated rings. The predicted octanol–water partition coefficient (Wildman–Crippen LogP) is 4.86. The second-order valence-corrected chi connectivity index (χ2v) is 9.02. The van der Waals surface area contributed by atoms with Gasteiger partial charge >= 0.3 is 0 Å². The fourth-order valence-electron chi connectivity index (χ4n) is 3.49. The van der Waals surface area contributed by atoms with Gasteiger partial charge in [-0.05, 0) is 70.2 Å². The van der Waals surface area contributed by atoms with Crippen LogP contribution in [0.4, 0.5) is 5.69 Å². The van der Waals surface area contributed by atoms with Crippen molar-refractivity contribution in [2.45, 2.75) is 39.8 Å².